The molecule has 1 aliphatic carbocycles. The molecule has 0 bridgehead atoms. The lowest BCUT2D eigenvalue weighted by atomic mass is 10.0. The van der Waals surface area contributed by atoms with Crippen LogP contribution in [0.4, 0.5) is 0 Å². The van der Waals surface area contributed by atoms with Crippen LogP contribution in [0.15, 0.2) is 10.5 Å². The number of halogens is 1. The second kappa shape index (κ2) is 5.18. The van der Waals surface area contributed by atoms with Gasteiger partial charge in [0.15, 0.2) is 17.3 Å². The zero-order valence-corrected chi connectivity index (χ0v) is 12.2. The van der Waals surface area contributed by atoms with E-state index in [1.807, 2.05) is 0 Å². The number of ketones is 1. The Hall–Kier alpha value is -1.23. The van der Waals surface area contributed by atoms with Crippen LogP contribution in [-0.4, -0.2) is 27.1 Å². The van der Waals surface area contributed by atoms with E-state index in [0.717, 1.165) is 12.8 Å². The fourth-order valence-electron chi connectivity index (χ4n) is 1.92. The summed E-state index contributed by atoms with van der Waals surface area (Å²) < 4.78 is 16.6. The molecule has 1 aromatic carbocycles. The number of hydrogen-bond acceptors (Lipinski definition) is 4. The van der Waals surface area contributed by atoms with Crippen LogP contribution in [-0.2, 0) is 0 Å². The minimum Gasteiger partial charge on any atom is -0.492 e. The van der Waals surface area contributed by atoms with E-state index in [-0.39, 0.29) is 11.7 Å². The maximum absolute atomic E-state index is 12.2. The second-order valence-corrected chi connectivity index (χ2v) is 5.00. The first-order valence-corrected chi connectivity index (χ1v) is 6.46. The van der Waals surface area contributed by atoms with Gasteiger partial charge >= 0.3 is 0 Å². The Labute approximate surface area is 114 Å². The molecule has 5 heteroatoms. The minimum atomic E-state index is 0.105. The van der Waals surface area contributed by atoms with Crippen LogP contribution in [0.5, 0.6) is 17.2 Å². The summed E-state index contributed by atoms with van der Waals surface area (Å²) in [5.41, 5.74) is 0.546. The Balaban J connectivity index is 2.58. The first-order chi connectivity index (χ1) is 8.63. The SMILES string of the molecule is COc1c(Br)cc(C(=O)C2CC2)c(OC)c1OC. The molecule has 1 aliphatic rings. The molecule has 0 saturated heterocycles. The average molecular weight is 315 g/mol. The monoisotopic (exact) mass is 314 g/mol. The van der Waals surface area contributed by atoms with Crippen molar-refractivity contribution in [3.63, 3.8) is 0 Å². The number of carbonyl (C=O) groups excluding carboxylic acids is 1. The van der Waals surface area contributed by atoms with Gasteiger partial charge in [0.1, 0.15) is 0 Å². The number of hydrogen-bond donors (Lipinski definition) is 0. The molecule has 1 saturated carbocycles. The number of rotatable bonds is 5. The van der Waals surface area contributed by atoms with Crippen LogP contribution in [0.2, 0.25) is 0 Å². The quantitative estimate of drug-likeness (QED) is 0.783. The number of Topliss-reactive ketones (excluding diaryl/α,β-unsaturated/α-hetero) is 1. The summed E-state index contributed by atoms with van der Waals surface area (Å²) >= 11 is 3.39. The van der Waals surface area contributed by atoms with E-state index in [1.54, 1.807) is 13.2 Å². The number of benzene rings is 1. The van der Waals surface area contributed by atoms with Crippen molar-refractivity contribution in [1.82, 2.24) is 0 Å². The lowest BCUT2D eigenvalue weighted by Gasteiger charge is -2.16. The molecule has 4 nitrogen and oxygen atoms in total. The van der Waals surface area contributed by atoms with Gasteiger partial charge in [-0.3, -0.25) is 4.79 Å². The number of methoxy groups -OCH3 is 3. The molecule has 1 fully saturated rings. The highest BCUT2D eigenvalue weighted by molar-refractivity contribution is 9.10. The predicted molar refractivity (Wildman–Crippen MR) is 70.9 cm³/mol. The highest BCUT2D eigenvalue weighted by Crippen LogP contribution is 2.47. The Kier molecular flexibility index (Phi) is 3.80. The highest BCUT2D eigenvalue weighted by Gasteiger charge is 2.34. The Morgan fingerprint density at radius 2 is 1.67 bits per heavy atom. The molecule has 0 unspecified atom stereocenters. The topological polar surface area (TPSA) is 44.8 Å². The largest absolute Gasteiger partial charge is 0.492 e. The Morgan fingerprint density at radius 1 is 1.11 bits per heavy atom. The molecule has 2 rings (SSSR count). The van der Waals surface area contributed by atoms with Gasteiger partial charge in [-0.2, -0.15) is 0 Å². The maximum atomic E-state index is 12.2. The normalized spacial score (nSPS) is 14.2. The van der Waals surface area contributed by atoms with E-state index in [9.17, 15) is 4.79 Å². The van der Waals surface area contributed by atoms with Crippen LogP contribution < -0.4 is 14.2 Å². The van der Waals surface area contributed by atoms with Crippen LogP contribution in [0.1, 0.15) is 23.2 Å². The lowest BCUT2D eigenvalue weighted by Crippen LogP contribution is -2.07. The van der Waals surface area contributed by atoms with Gasteiger partial charge < -0.3 is 14.2 Å². The maximum Gasteiger partial charge on any atom is 0.205 e. The van der Waals surface area contributed by atoms with Crippen molar-refractivity contribution < 1.29 is 19.0 Å². The van der Waals surface area contributed by atoms with Gasteiger partial charge in [0, 0.05) is 5.92 Å². The molecule has 0 heterocycles. The van der Waals surface area contributed by atoms with Gasteiger partial charge in [0.25, 0.3) is 0 Å². The second-order valence-electron chi connectivity index (χ2n) is 4.14. The smallest absolute Gasteiger partial charge is 0.205 e. The van der Waals surface area contributed by atoms with Crippen molar-refractivity contribution in [2.24, 2.45) is 5.92 Å². The van der Waals surface area contributed by atoms with E-state index in [0.29, 0.717) is 27.3 Å². The molecule has 0 atom stereocenters. The van der Waals surface area contributed by atoms with Crippen molar-refractivity contribution >= 4 is 21.7 Å². The number of ether oxygens (including phenoxy) is 3. The third-order valence-corrected chi connectivity index (χ3v) is 3.56. The van der Waals surface area contributed by atoms with Crippen LogP contribution in [0.25, 0.3) is 0 Å². The summed E-state index contributed by atoms with van der Waals surface area (Å²) in [6, 6.07) is 1.74. The third-order valence-electron chi connectivity index (χ3n) is 2.97. The van der Waals surface area contributed by atoms with Crippen molar-refractivity contribution in [3.8, 4) is 17.2 Å². The van der Waals surface area contributed by atoms with Crippen molar-refractivity contribution in [2.75, 3.05) is 21.3 Å². The van der Waals surface area contributed by atoms with Gasteiger partial charge in [-0.05, 0) is 34.8 Å². The molecule has 0 N–H and O–H groups in total. The molecule has 0 aromatic heterocycles. The fourth-order valence-corrected chi connectivity index (χ4v) is 2.49. The number of carbonyl (C=O) groups is 1. The molecule has 18 heavy (non-hydrogen) atoms. The predicted octanol–water partition coefficient (Wildman–Crippen LogP) is 3.07. The van der Waals surface area contributed by atoms with Gasteiger partial charge in [0.2, 0.25) is 5.75 Å². The Bertz CT molecular complexity index is 480. The van der Waals surface area contributed by atoms with Crippen LogP contribution in [0.3, 0.4) is 0 Å². The minimum absolute atomic E-state index is 0.105. The van der Waals surface area contributed by atoms with Crippen molar-refractivity contribution in [1.29, 1.82) is 0 Å². The third kappa shape index (κ3) is 2.19. The standard InChI is InChI=1S/C13H15BrO4/c1-16-11-8(10(15)7-4-5-7)6-9(14)12(17-2)13(11)18-3/h6-7H,4-5H2,1-3H3. The first-order valence-electron chi connectivity index (χ1n) is 5.66. The van der Waals surface area contributed by atoms with E-state index in [1.165, 1.54) is 14.2 Å². The summed E-state index contributed by atoms with van der Waals surface area (Å²) in [5.74, 6) is 1.65. The van der Waals surface area contributed by atoms with Gasteiger partial charge in [0.05, 0.1) is 31.4 Å². The summed E-state index contributed by atoms with van der Waals surface area (Å²) in [5, 5.41) is 0. The lowest BCUT2D eigenvalue weighted by molar-refractivity contribution is 0.0964. The van der Waals surface area contributed by atoms with E-state index in [2.05, 4.69) is 15.9 Å². The molecule has 0 aliphatic heterocycles. The van der Waals surface area contributed by atoms with Crippen LogP contribution >= 0.6 is 15.9 Å². The van der Waals surface area contributed by atoms with Crippen molar-refractivity contribution in [3.05, 3.63) is 16.1 Å². The van der Waals surface area contributed by atoms with Gasteiger partial charge in [-0.25, -0.2) is 0 Å². The zero-order chi connectivity index (χ0) is 13.3. The van der Waals surface area contributed by atoms with Gasteiger partial charge in [-0.1, -0.05) is 0 Å². The van der Waals surface area contributed by atoms with Gasteiger partial charge in [-0.15, -0.1) is 0 Å². The summed E-state index contributed by atoms with van der Waals surface area (Å²) in [4.78, 5) is 12.2. The molecule has 0 amide bonds. The van der Waals surface area contributed by atoms with Crippen molar-refractivity contribution in [2.45, 2.75) is 12.8 Å². The van der Waals surface area contributed by atoms with E-state index < -0.39 is 0 Å². The van der Waals surface area contributed by atoms with E-state index in [4.69, 9.17) is 14.2 Å². The zero-order valence-electron chi connectivity index (χ0n) is 10.6. The van der Waals surface area contributed by atoms with Crippen LogP contribution in [0, 0.1) is 5.92 Å². The molecule has 0 spiro atoms. The summed E-state index contributed by atoms with van der Waals surface area (Å²) in [7, 11) is 4.59. The summed E-state index contributed by atoms with van der Waals surface area (Å²) in [6.07, 6.45) is 1.90. The highest BCUT2D eigenvalue weighted by atomic mass is 79.9. The summed E-state index contributed by atoms with van der Waals surface area (Å²) in [6.45, 7) is 0. The van der Waals surface area contributed by atoms with E-state index >= 15 is 0 Å². The average Bonchev–Trinajstić information content (AvgIpc) is 3.20. The molecule has 0 radical (unpaired) electrons. The fraction of sp³-hybridized carbons (Fsp3) is 0.462. The first kappa shape index (κ1) is 13.2. The molecular weight excluding hydrogens is 300 g/mol. The Morgan fingerprint density at radius 3 is 2.11 bits per heavy atom. The molecule has 1 aromatic rings. The molecule has 98 valence electrons. The molecular formula is C13H15BrO4.